The van der Waals surface area contributed by atoms with Crippen LogP contribution in [0.25, 0.3) is 0 Å². The number of aryl methyl sites for hydroxylation is 1. The summed E-state index contributed by atoms with van der Waals surface area (Å²) in [6, 6.07) is 6.91. The average Bonchev–Trinajstić information content (AvgIpc) is 2.75. The molecular formula is C15H17BrFNOS. The second kappa shape index (κ2) is 6.70. The van der Waals surface area contributed by atoms with E-state index in [4.69, 9.17) is 4.74 Å². The standard InChI is InChI=1S/C15H17BrFNOS/c1-4-18-15(12-8-14(16)20-9(12)2)11-6-5-10(19-3)7-13(11)17/h5-8,15,18H,4H2,1-3H3. The van der Waals surface area contributed by atoms with Gasteiger partial charge in [0.15, 0.2) is 0 Å². The van der Waals surface area contributed by atoms with Gasteiger partial charge >= 0.3 is 0 Å². The molecule has 0 radical (unpaired) electrons. The Morgan fingerprint density at radius 1 is 1.35 bits per heavy atom. The third kappa shape index (κ3) is 3.22. The fourth-order valence-electron chi connectivity index (χ4n) is 2.21. The molecule has 0 saturated carbocycles. The molecule has 2 rings (SSSR count). The van der Waals surface area contributed by atoms with Gasteiger partial charge in [-0.05, 0) is 47.1 Å². The summed E-state index contributed by atoms with van der Waals surface area (Å²) in [4.78, 5) is 1.18. The van der Waals surface area contributed by atoms with Gasteiger partial charge in [-0.3, -0.25) is 0 Å². The zero-order valence-corrected chi connectivity index (χ0v) is 14.1. The number of benzene rings is 1. The van der Waals surface area contributed by atoms with E-state index in [1.807, 2.05) is 6.92 Å². The number of thiophene rings is 1. The van der Waals surface area contributed by atoms with Gasteiger partial charge in [0.1, 0.15) is 11.6 Å². The lowest BCUT2D eigenvalue weighted by atomic mass is 9.98. The molecule has 1 aromatic carbocycles. The molecule has 0 fully saturated rings. The van der Waals surface area contributed by atoms with E-state index in [1.165, 1.54) is 18.1 Å². The predicted molar refractivity (Wildman–Crippen MR) is 85.2 cm³/mol. The van der Waals surface area contributed by atoms with Gasteiger partial charge in [0, 0.05) is 16.5 Å². The van der Waals surface area contributed by atoms with Crippen LogP contribution in [-0.4, -0.2) is 13.7 Å². The fourth-order valence-corrected chi connectivity index (χ4v) is 3.95. The van der Waals surface area contributed by atoms with Crippen LogP contribution < -0.4 is 10.1 Å². The van der Waals surface area contributed by atoms with Gasteiger partial charge in [0.25, 0.3) is 0 Å². The molecule has 0 saturated heterocycles. The molecule has 0 aliphatic rings. The van der Waals surface area contributed by atoms with Crippen molar-refractivity contribution in [2.45, 2.75) is 19.9 Å². The van der Waals surface area contributed by atoms with Crippen LogP contribution in [0.1, 0.15) is 29.0 Å². The van der Waals surface area contributed by atoms with Crippen molar-refractivity contribution in [1.82, 2.24) is 5.32 Å². The molecule has 0 amide bonds. The summed E-state index contributed by atoms with van der Waals surface area (Å²) in [7, 11) is 1.54. The molecule has 1 N–H and O–H groups in total. The third-order valence-electron chi connectivity index (χ3n) is 3.16. The lowest BCUT2D eigenvalue weighted by Gasteiger charge is -2.19. The van der Waals surface area contributed by atoms with E-state index in [1.54, 1.807) is 23.5 Å². The van der Waals surface area contributed by atoms with E-state index in [9.17, 15) is 4.39 Å². The van der Waals surface area contributed by atoms with Gasteiger partial charge < -0.3 is 10.1 Å². The molecule has 1 atom stereocenters. The first kappa shape index (κ1) is 15.5. The Morgan fingerprint density at radius 2 is 2.10 bits per heavy atom. The van der Waals surface area contributed by atoms with Crippen molar-refractivity contribution in [1.29, 1.82) is 0 Å². The lowest BCUT2D eigenvalue weighted by molar-refractivity contribution is 0.410. The lowest BCUT2D eigenvalue weighted by Crippen LogP contribution is -2.23. The summed E-state index contributed by atoms with van der Waals surface area (Å²) in [5.74, 6) is 0.279. The highest BCUT2D eigenvalue weighted by Crippen LogP contribution is 2.35. The molecular weight excluding hydrogens is 341 g/mol. The Balaban J connectivity index is 2.45. The maximum absolute atomic E-state index is 14.3. The summed E-state index contributed by atoms with van der Waals surface area (Å²) < 4.78 is 20.4. The SMILES string of the molecule is CCNC(c1ccc(OC)cc1F)c1cc(Br)sc1C. The van der Waals surface area contributed by atoms with E-state index in [-0.39, 0.29) is 11.9 Å². The number of nitrogens with one attached hydrogen (secondary N) is 1. The minimum atomic E-state index is -0.253. The molecule has 1 aromatic heterocycles. The number of hydrogen-bond donors (Lipinski definition) is 1. The molecule has 0 aliphatic carbocycles. The van der Waals surface area contributed by atoms with Crippen molar-refractivity contribution in [3.05, 3.63) is 49.9 Å². The number of halogens is 2. The highest BCUT2D eigenvalue weighted by Gasteiger charge is 2.21. The summed E-state index contributed by atoms with van der Waals surface area (Å²) in [5.41, 5.74) is 1.74. The molecule has 0 aliphatic heterocycles. The summed E-state index contributed by atoms with van der Waals surface area (Å²) in [6.07, 6.45) is 0. The zero-order valence-electron chi connectivity index (χ0n) is 11.7. The molecule has 20 heavy (non-hydrogen) atoms. The zero-order chi connectivity index (χ0) is 14.7. The number of ether oxygens (including phenoxy) is 1. The van der Waals surface area contributed by atoms with Crippen molar-refractivity contribution >= 4 is 27.3 Å². The van der Waals surface area contributed by atoms with Gasteiger partial charge in [-0.1, -0.05) is 13.0 Å². The number of rotatable bonds is 5. The van der Waals surface area contributed by atoms with Crippen molar-refractivity contribution in [2.75, 3.05) is 13.7 Å². The van der Waals surface area contributed by atoms with Crippen LogP contribution >= 0.6 is 27.3 Å². The predicted octanol–water partition coefficient (Wildman–Crippen LogP) is 4.67. The summed E-state index contributed by atoms with van der Waals surface area (Å²) in [6.45, 7) is 4.84. The van der Waals surface area contributed by atoms with Crippen molar-refractivity contribution in [2.24, 2.45) is 0 Å². The van der Waals surface area contributed by atoms with Gasteiger partial charge in [-0.15, -0.1) is 11.3 Å². The summed E-state index contributed by atoms with van der Waals surface area (Å²) >= 11 is 5.15. The van der Waals surface area contributed by atoms with Gasteiger partial charge in [-0.2, -0.15) is 0 Å². The van der Waals surface area contributed by atoms with Crippen molar-refractivity contribution in [3.63, 3.8) is 0 Å². The first-order valence-electron chi connectivity index (χ1n) is 6.39. The molecule has 108 valence electrons. The first-order valence-corrected chi connectivity index (χ1v) is 8.00. The number of methoxy groups -OCH3 is 1. The largest absolute Gasteiger partial charge is 0.497 e. The summed E-state index contributed by atoms with van der Waals surface area (Å²) in [5, 5.41) is 3.35. The van der Waals surface area contributed by atoms with Crippen LogP contribution in [0.3, 0.4) is 0 Å². The van der Waals surface area contributed by atoms with E-state index in [0.29, 0.717) is 11.3 Å². The van der Waals surface area contributed by atoms with E-state index in [0.717, 1.165) is 15.9 Å². The highest BCUT2D eigenvalue weighted by molar-refractivity contribution is 9.11. The molecule has 2 aromatic rings. The van der Waals surface area contributed by atoms with Gasteiger partial charge in [0.2, 0.25) is 0 Å². The van der Waals surface area contributed by atoms with Crippen LogP contribution in [-0.2, 0) is 0 Å². The van der Waals surface area contributed by atoms with E-state index >= 15 is 0 Å². The molecule has 1 unspecified atom stereocenters. The van der Waals surface area contributed by atoms with Gasteiger partial charge in [0.05, 0.1) is 16.9 Å². The Bertz CT molecular complexity index is 600. The van der Waals surface area contributed by atoms with Crippen LogP contribution in [0, 0.1) is 12.7 Å². The van der Waals surface area contributed by atoms with E-state index < -0.39 is 0 Å². The Morgan fingerprint density at radius 3 is 2.60 bits per heavy atom. The van der Waals surface area contributed by atoms with Crippen LogP contribution in [0.4, 0.5) is 4.39 Å². The normalized spacial score (nSPS) is 12.4. The Labute approximate surface area is 131 Å². The molecule has 2 nitrogen and oxygen atoms in total. The van der Waals surface area contributed by atoms with Crippen molar-refractivity contribution < 1.29 is 9.13 Å². The van der Waals surface area contributed by atoms with Crippen LogP contribution in [0.5, 0.6) is 5.75 Å². The molecule has 0 bridgehead atoms. The monoisotopic (exact) mass is 357 g/mol. The Hall–Kier alpha value is -0.910. The molecule has 5 heteroatoms. The maximum Gasteiger partial charge on any atom is 0.132 e. The minimum absolute atomic E-state index is 0.145. The van der Waals surface area contributed by atoms with Crippen LogP contribution in [0.15, 0.2) is 28.1 Å². The first-order chi connectivity index (χ1) is 9.56. The maximum atomic E-state index is 14.3. The second-order valence-electron chi connectivity index (χ2n) is 4.44. The second-order valence-corrected chi connectivity index (χ2v) is 7.08. The average molecular weight is 358 g/mol. The topological polar surface area (TPSA) is 21.3 Å². The van der Waals surface area contributed by atoms with Crippen LogP contribution in [0.2, 0.25) is 0 Å². The van der Waals surface area contributed by atoms with Gasteiger partial charge in [-0.25, -0.2) is 4.39 Å². The highest BCUT2D eigenvalue weighted by atomic mass is 79.9. The Kier molecular flexibility index (Phi) is 5.18. The quantitative estimate of drug-likeness (QED) is 0.839. The third-order valence-corrected chi connectivity index (χ3v) is 4.73. The van der Waals surface area contributed by atoms with E-state index in [2.05, 4.69) is 34.2 Å². The number of hydrogen-bond acceptors (Lipinski definition) is 3. The molecule has 1 heterocycles. The molecule has 0 spiro atoms. The minimum Gasteiger partial charge on any atom is -0.497 e. The fraction of sp³-hybridized carbons (Fsp3) is 0.333. The van der Waals surface area contributed by atoms with Crippen molar-refractivity contribution in [3.8, 4) is 5.75 Å². The smallest absolute Gasteiger partial charge is 0.132 e.